The minimum Gasteiger partial charge on any atom is -0.457 e. The minimum absolute atomic E-state index is 0.606. The molecule has 0 aliphatic carbocycles. The standard InChI is InChI=1S/C18H20N2OS/c1-13-9-16(7-8-18(13)22-4)21-17-10-14(11-19)5-6-15(17)12-20(2)3/h5-10H,12H2,1-4H3. The van der Waals surface area contributed by atoms with E-state index in [0.29, 0.717) is 5.56 Å². The fourth-order valence-electron chi connectivity index (χ4n) is 2.23. The Kier molecular flexibility index (Phi) is 5.48. The van der Waals surface area contributed by atoms with Crippen molar-refractivity contribution < 1.29 is 4.74 Å². The first-order valence-corrected chi connectivity index (χ1v) is 8.26. The Morgan fingerprint density at radius 2 is 1.95 bits per heavy atom. The molecule has 0 radical (unpaired) electrons. The summed E-state index contributed by atoms with van der Waals surface area (Å²) < 4.78 is 6.05. The molecule has 2 rings (SSSR count). The largest absolute Gasteiger partial charge is 0.457 e. The van der Waals surface area contributed by atoms with Crippen LogP contribution in [0.5, 0.6) is 11.5 Å². The van der Waals surface area contributed by atoms with E-state index in [1.165, 1.54) is 10.5 Å². The summed E-state index contributed by atoms with van der Waals surface area (Å²) in [6.07, 6.45) is 2.06. The smallest absolute Gasteiger partial charge is 0.133 e. The van der Waals surface area contributed by atoms with Crippen LogP contribution in [0.2, 0.25) is 0 Å². The van der Waals surface area contributed by atoms with Gasteiger partial charge in [-0.3, -0.25) is 0 Å². The van der Waals surface area contributed by atoms with Gasteiger partial charge in [-0.05, 0) is 63.2 Å². The fraction of sp³-hybridized carbons (Fsp3) is 0.278. The Morgan fingerprint density at radius 3 is 2.55 bits per heavy atom. The van der Waals surface area contributed by atoms with Crippen LogP contribution < -0.4 is 4.74 Å². The summed E-state index contributed by atoms with van der Waals surface area (Å²) in [5.41, 5.74) is 2.86. The van der Waals surface area contributed by atoms with Crippen LogP contribution in [0, 0.1) is 18.3 Å². The summed E-state index contributed by atoms with van der Waals surface area (Å²) in [6.45, 7) is 2.84. The SMILES string of the molecule is CSc1ccc(Oc2cc(C#N)ccc2CN(C)C)cc1C. The lowest BCUT2D eigenvalue weighted by Gasteiger charge is -2.16. The van der Waals surface area contributed by atoms with Crippen LogP contribution in [0.1, 0.15) is 16.7 Å². The quantitative estimate of drug-likeness (QED) is 0.765. The van der Waals surface area contributed by atoms with Crippen molar-refractivity contribution in [3.05, 3.63) is 53.1 Å². The maximum atomic E-state index is 9.09. The second kappa shape index (κ2) is 7.35. The van der Waals surface area contributed by atoms with E-state index in [-0.39, 0.29) is 0 Å². The Bertz CT molecular complexity index is 705. The molecule has 114 valence electrons. The molecule has 0 heterocycles. The highest BCUT2D eigenvalue weighted by Crippen LogP contribution is 2.30. The van der Waals surface area contributed by atoms with Gasteiger partial charge in [-0.1, -0.05) is 6.07 Å². The first kappa shape index (κ1) is 16.4. The van der Waals surface area contributed by atoms with Crippen LogP contribution in [-0.2, 0) is 6.54 Å². The summed E-state index contributed by atoms with van der Waals surface area (Å²) in [4.78, 5) is 3.32. The number of thioether (sulfide) groups is 1. The van der Waals surface area contributed by atoms with Gasteiger partial charge in [-0.2, -0.15) is 5.26 Å². The summed E-state index contributed by atoms with van der Waals surface area (Å²) in [6, 6.07) is 13.8. The summed E-state index contributed by atoms with van der Waals surface area (Å²) in [5, 5.41) is 9.09. The highest BCUT2D eigenvalue weighted by atomic mass is 32.2. The van der Waals surface area contributed by atoms with Gasteiger partial charge in [0.1, 0.15) is 11.5 Å². The van der Waals surface area contributed by atoms with Crippen molar-refractivity contribution in [3.63, 3.8) is 0 Å². The van der Waals surface area contributed by atoms with Crippen molar-refractivity contribution in [1.29, 1.82) is 5.26 Å². The molecule has 0 N–H and O–H groups in total. The lowest BCUT2D eigenvalue weighted by atomic mass is 10.1. The van der Waals surface area contributed by atoms with E-state index in [4.69, 9.17) is 10.00 Å². The second-order valence-electron chi connectivity index (χ2n) is 5.41. The molecule has 0 amide bonds. The van der Waals surface area contributed by atoms with Crippen molar-refractivity contribution >= 4 is 11.8 Å². The number of nitriles is 1. The van der Waals surface area contributed by atoms with Crippen LogP contribution in [0.3, 0.4) is 0 Å². The zero-order valence-corrected chi connectivity index (χ0v) is 14.2. The van der Waals surface area contributed by atoms with Crippen LogP contribution in [0.15, 0.2) is 41.3 Å². The van der Waals surface area contributed by atoms with E-state index in [9.17, 15) is 0 Å². The molecule has 0 bridgehead atoms. The van der Waals surface area contributed by atoms with Gasteiger partial charge < -0.3 is 9.64 Å². The molecule has 0 aliphatic rings. The molecular formula is C18H20N2OS. The molecule has 0 saturated heterocycles. The highest BCUT2D eigenvalue weighted by Gasteiger charge is 2.09. The van der Waals surface area contributed by atoms with E-state index >= 15 is 0 Å². The number of ether oxygens (including phenoxy) is 1. The third kappa shape index (κ3) is 4.03. The highest BCUT2D eigenvalue weighted by molar-refractivity contribution is 7.98. The predicted octanol–water partition coefficient (Wildman–Crippen LogP) is 4.44. The Hall–Kier alpha value is -1.96. The first-order chi connectivity index (χ1) is 10.5. The molecule has 0 unspecified atom stereocenters. The number of aryl methyl sites for hydroxylation is 1. The molecule has 22 heavy (non-hydrogen) atoms. The number of benzene rings is 2. The van der Waals surface area contributed by atoms with Crippen molar-refractivity contribution in [2.45, 2.75) is 18.4 Å². The third-order valence-corrected chi connectivity index (χ3v) is 4.17. The molecule has 4 heteroatoms. The average Bonchev–Trinajstić information content (AvgIpc) is 2.48. The number of nitrogens with zero attached hydrogens (tertiary/aromatic N) is 2. The molecule has 0 atom stereocenters. The topological polar surface area (TPSA) is 36.3 Å². The Labute approximate surface area is 136 Å². The van der Waals surface area contributed by atoms with Crippen molar-refractivity contribution in [2.75, 3.05) is 20.4 Å². The molecule has 0 fully saturated rings. The normalized spacial score (nSPS) is 10.5. The zero-order valence-electron chi connectivity index (χ0n) is 13.4. The second-order valence-corrected chi connectivity index (χ2v) is 6.25. The van der Waals surface area contributed by atoms with Crippen LogP contribution in [0.4, 0.5) is 0 Å². The van der Waals surface area contributed by atoms with Gasteiger partial charge in [0.05, 0.1) is 11.6 Å². The van der Waals surface area contributed by atoms with Gasteiger partial charge in [0.2, 0.25) is 0 Å². The van der Waals surface area contributed by atoms with Gasteiger partial charge >= 0.3 is 0 Å². The number of hydrogen-bond donors (Lipinski definition) is 0. The maximum Gasteiger partial charge on any atom is 0.133 e. The Morgan fingerprint density at radius 1 is 1.18 bits per heavy atom. The summed E-state index contributed by atoms with van der Waals surface area (Å²) in [5.74, 6) is 1.54. The lowest BCUT2D eigenvalue weighted by Crippen LogP contribution is -2.11. The van der Waals surface area contributed by atoms with Gasteiger partial charge in [0.15, 0.2) is 0 Å². The number of hydrogen-bond acceptors (Lipinski definition) is 4. The van der Waals surface area contributed by atoms with Gasteiger partial charge in [-0.25, -0.2) is 0 Å². The number of rotatable bonds is 5. The van der Waals surface area contributed by atoms with Crippen molar-refractivity contribution in [2.24, 2.45) is 0 Å². The van der Waals surface area contributed by atoms with E-state index < -0.39 is 0 Å². The van der Waals surface area contributed by atoms with Gasteiger partial charge in [0, 0.05) is 17.0 Å². The third-order valence-electron chi connectivity index (χ3n) is 3.28. The zero-order chi connectivity index (χ0) is 16.1. The van der Waals surface area contributed by atoms with Crippen molar-refractivity contribution in [1.82, 2.24) is 4.90 Å². The van der Waals surface area contributed by atoms with Crippen LogP contribution in [-0.4, -0.2) is 25.3 Å². The average molecular weight is 312 g/mol. The minimum atomic E-state index is 0.606. The van der Waals surface area contributed by atoms with E-state index in [1.807, 2.05) is 38.4 Å². The van der Waals surface area contributed by atoms with E-state index in [2.05, 4.69) is 30.2 Å². The van der Waals surface area contributed by atoms with Gasteiger partial charge in [0.25, 0.3) is 0 Å². The molecule has 2 aromatic carbocycles. The molecular weight excluding hydrogens is 292 g/mol. The molecule has 0 aliphatic heterocycles. The molecule has 2 aromatic rings. The molecule has 0 spiro atoms. The summed E-state index contributed by atoms with van der Waals surface area (Å²) >= 11 is 1.72. The van der Waals surface area contributed by atoms with E-state index in [0.717, 1.165) is 23.6 Å². The van der Waals surface area contributed by atoms with E-state index in [1.54, 1.807) is 17.8 Å². The van der Waals surface area contributed by atoms with Gasteiger partial charge in [-0.15, -0.1) is 11.8 Å². The maximum absolute atomic E-state index is 9.09. The van der Waals surface area contributed by atoms with Crippen LogP contribution in [0.25, 0.3) is 0 Å². The monoisotopic (exact) mass is 312 g/mol. The van der Waals surface area contributed by atoms with Crippen LogP contribution >= 0.6 is 11.8 Å². The van der Waals surface area contributed by atoms with Crippen molar-refractivity contribution in [3.8, 4) is 17.6 Å². The molecule has 0 saturated carbocycles. The molecule has 3 nitrogen and oxygen atoms in total. The Balaban J connectivity index is 2.34. The fourth-order valence-corrected chi connectivity index (χ4v) is 2.82. The molecule has 0 aromatic heterocycles. The lowest BCUT2D eigenvalue weighted by molar-refractivity contribution is 0.388. The first-order valence-electron chi connectivity index (χ1n) is 7.03. The summed E-state index contributed by atoms with van der Waals surface area (Å²) in [7, 11) is 4.03. The predicted molar refractivity (Wildman–Crippen MR) is 91.6 cm³/mol.